The number of thiophene rings is 1. The van der Waals surface area contributed by atoms with Crippen molar-refractivity contribution in [1.29, 1.82) is 0 Å². The van der Waals surface area contributed by atoms with Crippen molar-refractivity contribution in [2.45, 2.75) is 18.6 Å². The van der Waals surface area contributed by atoms with Gasteiger partial charge in [-0.15, -0.1) is 11.3 Å². The molecule has 5 rings (SSSR count). The van der Waals surface area contributed by atoms with Crippen molar-refractivity contribution in [3.05, 3.63) is 36.3 Å². The topological polar surface area (TPSA) is 123 Å². The maximum Gasteiger partial charge on any atom is 0.393 e. The molecule has 0 aliphatic carbocycles. The van der Waals surface area contributed by atoms with Gasteiger partial charge in [-0.05, 0) is 18.6 Å². The second-order valence-electron chi connectivity index (χ2n) is 8.97. The number of anilines is 4. The minimum absolute atomic E-state index is 0.137. The molecule has 2 fully saturated rings. The molecule has 0 bridgehead atoms. The minimum atomic E-state index is -4.36. The highest BCUT2D eigenvalue weighted by Crippen LogP contribution is 2.38. The van der Waals surface area contributed by atoms with E-state index in [4.69, 9.17) is 16.2 Å². The van der Waals surface area contributed by atoms with Crippen molar-refractivity contribution in [3.63, 3.8) is 0 Å². The molecule has 3 aromatic rings. The third-order valence-corrected chi connectivity index (χ3v) is 7.43. The molecule has 2 atom stereocenters. The number of nitrogens with one attached hydrogen (secondary N) is 1. The Kier molecular flexibility index (Phi) is 6.62. The van der Waals surface area contributed by atoms with Gasteiger partial charge in [0.15, 0.2) is 0 Å². The minimum Gasteiger partial charge on any atom is -0.390 e. The first-order valence-electron chi connectivity index (χ1n) is 11.5. The molecule has 2 unspecified atom stereocenters. The molecule has 0 radical (unpaired) electrons. The Balaban J connectivity index is 1.40. The predicted octanol–water partition coefficient (Wildman–Crippen LogP) is 3.08. The molecule has 0 saturated carbocycles. The molecule has 36 heavy (non-hydrogen) atoms. The smallest absolute Gasteiger partial charge is 0.390 e. The summed E-state index contributed by atoms with van der Waals surface area (Å²) in [7, 11) is 0. The SMILES string of the molecule is Nc1sc2cc(N3CCOCC3)cnc2c1C(=O)Nc1cnccc1N1CC(N)CC(C(F)(F)F)C1. The lowest BCUT2D eigenvalue weighted by Crippen LogP contribution is -2.51. The highest BCUT2D eigenvalue weighted by molar-refractivity contribution is 7.23. The molecule has 9 nitrogen and oxygen atoms in total. The highest BCUT2D eigenvalue weighted by Gasteiger charge is 2.44. The van der Waals surface area contributed by atoms with Crippen molar-refractivity contribution < 1.29 is 22.7 Å². The Morgan fingerprint density at radius 3 is 2.72 bits per heavy atom. The van der Waals surface area contributed by atoms with Crippen LogP contribution in [-0.2, 0) is 4.74 Å². The number of carbonyl (C=O) groups is 1. The number of morpholine rings is 1. The second kappa shape index (κ2) is 9.71. The van der Waals surface area contributed by atoms with Gasteiger partial charge >= 0.3 is 6.18 Å². The van der Waals surface area contributed by atoms with E-state index >= 15 is 0 Å². The van der Waals surface area contributed by atoms with E-state index in [1.807, 2.05) is 6.07 Å². The summed E-state index contributed by atoms with van der Waals surface area (Å²) >= 11 is 1.26. The van der Waals surface area contributed by atoms with E-state index in [1.165, 1.54) is 23.7 Å². The number of hydrogen-bond acceptors (Lipinski definition) is 9. The van der Waals surface area contributed by atoms with Crippen molar-refractivity contribution in [2.75, 3.05) is 60.2 Å². The third-order valence-electron chi connectivity index (χ3n) is 6.48. The molecule has 0 aromatic carbocycles. The Labute approximate surface area is 209 Å². The number of nitrogens with zero attached hydrogens (tertiary/aromatic N) is 4. The summed E-state index contributed by atoms with van der Waals surface area (Å²) in [6.45, 7) is 2.75. The first-order valence-corrected chi connectivity index (χ1v) is 12.4. The van der Waals surface area contributed by atoms with Gasteiger partial charge in [0.1, 0.15) is 10.6 Å². The number of ether oxygens (including phenoxy) is 1. The largest absolute Gasteiger partial charge is 0.393 e. The summed E-state index contributed by atoms with van der Waals surface area (Å²) in [5.41, 5.74) is 14.5. The average molecular weight is 522 g/mol. The van der Waals surface area contributed by atoms with Crippen LogP contribution >= 0.6 is 11.3 Å². The Hall–Kier alpha value is -3.16. The number of carbonyl (C=O) groups excluding carboxylic acids is 1. The summed E-state index contributed by atoms with van der Waals surface area (Å²) < 4.78 is 46.5. The molecule has 13 heteroatoms. The van der Waals surface area contributed by atoms with Gasteiger partial charge in [-0.1, -0.05) is 0 Å². The highest BCUT2D eigenvalue weighted by atomic mass is 32.1. The molecule has 192 valence electrons. The molecule has 2 aliphatic rings. The van der Waals surface area contributed by atoms with Crippen LogP contribution in [-0.4, -0.2) is 67.5 Å². The van der Waals surface area contributed by atoms with E-state index < -0.39 is 24.0 Å². The van der Waals surface area contributed by atoms with Crippen molar-refractivity contribution >= 4 is 49.5 Å². The standard InChI is InChI=1S/C23H26F3N7O2S/c24-23(25,26)13-7-14(27)12-33(11-13)17-1-2-29-10-16(17)31-22(34)19-20-18(36-21(19)28)8-15(9-30-20)32-3-5-35-6-4-32/h1-2,8-10,13-14H,3-7,11-12,27-28H2,(H,31,34). The van der Waals surface area contributed by atoms with Crippen LogP contribution in [0.3, 0.4) is 0 Å². The molecule has 0 spiro atoms. The van der Waals surface area contributed by atoms with Gasteiger partial charge in [-0.3, -0.25) is 14.8 Å². The molecular formula is C23H26F3N7O2S. The first kappa shape index (κ1) is 24.5. The fraction of sp³-hybridized carbons (Fsp3) is 0.435. The van der Waals surface area contributed by atoms with Crippen LogP contribution in [0.4, 0.5) is 35.2 Å². The molecule has 2 saturated heterocycles. The summed E-state index contributed by atoms with van der Waals surface area (Å²) in [5.74, 6) is -2.06. The second-order valence-corrected chi connectivity index (χ2v) is 10.1. The fourth-order valence-corrected chi connectivity index (χ4v) is 5.68. The van der Waals surface area contributed by atoms with E-state index in [0.29, 0.717) is 29.4 Å². The van der Waals surface area contributed by atoms with Crippen molar-refractivity contribution in [3.8, 4) is 0 Å². The van der Waals surface area contributed by atoms with E-state index in [-0.39, 0.29) is 30.8 Å². The van der Waals surface area contributed by atoms with Gasteiger partial charge in [-0.25, -0.2) is 0 Å². The zero-order valence-electron chi connectivity index (χ0n) is 19.3. The molecule has 3 aromatic heterocycles. The average Bonchev–Trinajstić information content (AvgIpc) is 3.19. The molecule has 2 aliphatic heterocycles. The summed E-state index contributed by atoms with van der Waals surface area (Å²) in [6, 6.07) is 2.87. The monoisotopic (exact) mass is 521 g/mol. The van der Waals surface area contributed by atoms with Crippen LogP contribution in [0.1, 0.15) is 16.8 Å². The van der Waals surface area contributed by atoms with Gasteiger partial charge in [0.25, 0.3) is 5.91 Å². The number of hydrogen-bond donors (Lipinski definition) is 3. The molecule has 1 amide bonds. The predicted molar refractivity (Wildman–Crippen MR) is 134 cm³/mol. The van der Waals surface area contributed by atoms with Crippen LogP contribution < -0.4 is 26.6 Å². The van der Waals surface area contributed by atoms with Gasteiger partial charge in [-0.2, -0.15) is 13.2 Å². The van der Waals surface area contributed by atoms with Gasteiger partial charge in [0, 0.05) is 38.4 Å². The van der Waals surface area contributed by atoms with E-state index in [0.717, 1.165) is 23.5 Å². The number of fused-ring (bicyclic) bond motifs is 1. The summed E-state index contributed by atoms with van der Waals surface area (Å²) in [4.78, 5) is 25.6. The van der Waals surface area contributed by atoms with Crippen LogP contribution in [0.25, 0.3) is 10.2 Å². The third kappa shape index (κ3) is 4.90. The van der Waals surface area contributed by atoms with Gasteiger partial charge < -0.3 is 31.3 Å². The number of nitrogen functional groups attached to an aromatic ring is 1. The number of piperidine rings is 1. The number of amides is 1. The van der Waals surface area contributed by atoms with Crippen molar-refractivity contribution in [2.24, 2.45) is 11.7 Å². The Morgan fingerprint density at radius 1 is 1.19 bits per heavy atom. The van der Waals surface area contributed by atoms with Crippen LogP contribution in [0.15, 0.2) is 30.7 Å². The van der Waals surface area contributed by atoms with Crippen LogP contribution in [0.5, 0.6) is 0 Å². The number of nitrogens with two attached hydrogens (primary N) is 2. The maximum absolute atomic E-state index is 13.4. The quantitative estimate of drug-likeness (QED) is 0.479. The van der Waals surface area contributed by atoms with E-state index in [9.17, 15) is 18.0 Å². The summed E-state index contributed by atoms with van der Waals surface area (Å²) in [6.07, 6.45) is 0.0881. The fourth-order valence-electron chi connectivity index (χ4n) is 4.72. The lowest BCUT2D eigenvalue weighted by atomic mass is 9.93. The summed E-state index contributed by atoms with van der Waals surface area (Å²) in [5, 5.41) is 3.09. The number of halogens is 3. The van der Waals surface area contributed by atoms with E-state index in [1.54, 1.807) is 17.2 Å². The first-order chi connectivity index (χ1) is 17.2. The number of pyridine rings is 2. The van der Waals surface area contributed by atoms with Crippen LogP contribution in [0, 0.1) is 5.92 Å². The zero-order chi connectivity index (χ0) is 25.4. The lowest BCUT2D eigenvalue weighted by Gasteiger charge is -2.39. The van der Waals surface area contributed by atoms with Gasteiger partial charge in [0.05, 0.1) is 58.8 Å². The number of aromatic nitrogens is 2. The zero-order valence-corrected chi connectivity index (χ0v) is 20.1. The maximum atomic E-state index is 13.4. The molecule has 5 heterocycles. The number of rotatable bonds is 4. The molecular weight excluding hydrogens is 495 g/mol. The van der Waals surface area contributed by atoms with Crippen LogP contribution in [0.2, 0.25) is 0 Å². The lowest BCUT2D eigenvalue weighted by molar-refractivity contribution is -0.177. The molecule has 5 N–H and O–H groups in total. The Morgan fingerprint density at radius 2 is 1.97 bits per heavy atom. The Bertz CT molecular complexity index is 1260. The van der Waals surface area contributed by atoms with Gasteiger partial charge in [0.2, 0.25) is 0 Å². The number of alkyl halides is 3. The van der Waals surface area contributed by atoms with E-state index in [2.05, 4.69) is 20.2 Å². The normalized spacial score (nSPS) is 21.1. The van der Waals surface area contributed by atoms with Crippen molar-refractivity contribution in [1.82, 2.24) is 9.97 Å².